The molecule has 1 fully saturated rings. The second-order valence-corrected chi connectivity index (χ2v) is 5.46. The standard InChI is InChI=1S/C14H27N3O3/c1-4-20-12(18)6-5-7-16-13(19)14(2,3)17-10-8-15-9-11-17/h15H,4-11H2,1-3H3,(H,16,19). The van der Waals surface area contributed by atoms with Crippen molar-refractivity contribution in [2.45, 2.75) is 39.2 Å². The molecule has 6 nitrogen and oxygen atoms in total. The van der Waals surface area contributed by atoms with Crippen molar-refractivity contribution in [3.05, 3.63) is 0 Å². The maximum absolute atomic E-state index is 12.2. The fraction of sp³-hybridized carbons (Fsp3) is 0.857. The van der Waals surface area contributed by atoms with Crippen molar-refractivity contribution >= 4 is 11.9 Å². The summed E-state index contributed by atoms with van der Waals surface area (Å²) in [6.45, 7) is 10.2. The number of nitrogens with zero attached hydrogens (tertiary/aromatic N) is 1. The summed E-state index contributed by atoms with van der Waals surface area (Å²) in [5, 5.41) is 6.19. The van der Waals surface area contributed by atoms with E-state index in [9.17, 15) is 9.59 Å². The number of hydrogen-bond acceptors (Lipinski definition) is 5. The predicted molar refractivity (Wildman–Crippen MR) is 77.4 cm³/mol. The highest BCUT2D eigenvalue weighted by Gasteiger charge is 2.34. The molecule has 20 heavy (non-hydrogen) atoms. The lowest BCUT2D eigenvalue weighted by Gasteiger charge is -2.39. The Hall–Kier alpha value is -1.14. The number of nitrogens with one attached hydrogen (secondary N) is 2. The quantitative estimate of drug-likeness (QED) is 0.514. The van der Waals surface area contributed by atoms with E-state index in [0.29, 0.717) is 26.0 Å². The predicted octanol–water partition coefficient (Wildman–Crippen LogP) is 0.130. The molecule has 0 aromatic rings. The van der Waals surface area contributed by atoms with E-state index >= 15 is 0 Å². The number of esters is 1. The molecule has 0 aliphatic carbocycles. The van der Waals surface area contributed by atoms with Crippen molar-refractivity contribution in [1.29, 1.82) is 0 Å². The van der Waals surface area contributed by atoms with E-state index in [1.54, 1.807) is 6.92 Å². The van der Waals surface area contributed by atoms with Gasteiger partial charge in [0.2, 0.25) is 5.91 Å². The number of hydrogen-bond donors (Lipinski definition) is 2. The zero-order valence-electron chi connectivity index (χ0n) is 12.8. The first-order chi connectivity index (χ1) is 9.48. The Morgan fingerprint density at radius 1 is 1.30 bits per heavy atom. The monoisotopic (exact) mass is 285 g/mol. The van der Waals surface area contributed by atoms with Crippen LogP contribution in [0.2, 0.25) is 0 Å². The van der Waals surface area contributed by atoms with Crippen molar-refractivity contribution in [1.82, 2.24) is 15.5 Å². The topological polar surface area (TPSA) is 70.7 Å². The first kappa shape index (κ1) is 16.9. The van der Waals surface area contributed by atoms with Crippen LogP contribution in [0.4, 0.5) is 0 Å². The van der Waals surface area contributed by atoms with Crippen LogP contribution in [0.15, 0.2) is 0 Å². The number of rotatable bonds is 7. The normalized spacial score (nSPS) is 16.8. The van der Waals surface area contributed by atoms with Gasteiger partial charge >= 0.3 is 5.97 Å². The SMILES string of the molecule is CCOC(=O)CCCNC(=O)C(C)(C)N1CCNCC1. The maximum atomic E-state index is 12.2. The van der Waals surface area contributed by atoms with Crippen molar-refractivity contribution < 1.29 is 14.3 Å². The van der Waals surface area contributed by atoms with Gasteiger partial charge in [-0.3, -0.25) is 14.5 Å². The highest BCUT2D eigenvalue weighted by atomic mass is 16.5. The van der Waals surface area contributed by atoms with Crippen LogP contribution in [0.1, 0.15) is 33.6 Å². The van der Waals surface area contributed by atoms with E-state index in [2.05, 4.69) is 15.5 Å². The van der Waals surface area contributed by atoms with Crippen molar-refractivity contribution in [2.75, 3.05) is 39.3 Å². The highest BCUT2D eigenvalue weighted by molar-refractivity contribution is 5.85. The molecule has 116 valence electrons. The van der Waals surface area contributed by atoms with Crippen LogP contribution in [0.5, 0.6) is 0 Å². The molecule has 0 aromatic carbocycles. The molecular weight excluding hydrogens is 258 g/mol. The van der Waals surface area contributed by atoms with E-state index < -0.39 is 5.54 Å². The molecule has 1 amide bonds. The Labute approximate surface area is 121 Å². The Bertz CT molecular complexity index is 326. The highest BCUT2D eigenvalue weighted by Crippen LogP contribution is 2.15. The summed E-state index contributed by atoms with van der Waals surface area (Å²) in [4.78, 5) is 25.6. The van der Waals surface area contributed by atoms with Crippen molar-refractivity contribution in [3.8, 4) is 0 Å². The Morgan fingerprint density at radius 3 is 2.55 bits per heavy atom. The van der Waals surface area contributed by atoms with Gasteiger partial charge in [-0.05, 0) is 27.2 Å². The molecule has 6 heteroatoms. The van der Waals surface area contributed by atoms with Crippen molar-refractivity contribution in [3.63, 3.8) is 0 Å². The molecule has 1 rings (SSSR count). The molecule has 0 unspecified atom stereocenters. The average molecular weight is 285 g/mol. The molecular formula is C14H27N3O3. The second-order valence-electron chi connectivity index (χ2n) is 5.46. The van der Waals surface area contributed by atoms with Crippen LogP contribution in [0.3, 0.4) is 0 Å². The van der Waals surface area contributed by atoms with Gasteiger partial charge in [-0.1, -0.05) is 0 Å². The fourth-order valence-corrected chi connectivity index (χ4v) is 2.25. The minimum Gasteiger partial charge on any atom is -0.466 e. The molecule has 0 saturated carbocycles. The Balaban J connectivity index is 2.28. The van der Waals surface area contributed by atoms with Gasteiger partial charge in [0, 0.05) is 39.1 Å². The molecule has 0 aromatic heterocycles. The Kier molecular flexibility index (Phi) is 6.95. The summed E-state index contributed by atoms with van der Waals surface area (Å²) >= 11 is 0. The van der Waals surface area contributed by atoms with Gasteiger partial charge < -0.3 is 15.4 Å². The third-order valence-electron chi connectivity index (χ3n) is 3.61. The number of carbonyl (C=O) groups excluding carboxylic acids is 2. The number of amides is 1. The lowest BCUT2D eigenvalue weighted by Crippen LogP contribution is -2.60. The average Bonchev–Trinajstić information content (AvgIpc) is 2.44. The third-order valence-corrected chi connectivity index (χ3v) is 3.61. The fourth-order valence-electron chi connectivity index (χ4n) is 2.25. The minimum atomic E-state index is -0.508. The van der Waals surface area contributed by atoms with Crippen LogP contribution in [0, 0.1) is 0 Å². The lowest BCUT2D eigenvalue weighted by molar-refractivity contribution is -0.143. The second kappa shape index (κ2) is 8.21. The summed E-state index contributed by atoms with van der Waals surface area (Å²) in [7, 11) is 0. The first-order valence-corrected chi connectivity index (χ1v) is 7.38. The maximum Gasteiger partial charge on any atom is 0.305 e. The van der Waals surface area contributed by atoms with Crippen LogP contribution < -0.4 is 10.6 Å². The molecule has 2 N–H and O–H groups in total. The van der Waals surface area contributed by atoms with Gasteiger partial charge in [0.25, 0.3) is 0 Å². The van der Waals surface area contributed by atoms with Crippen LogP contribution in [0.25, 0.3) is 0 Å². The minimum absolute atomic E-state index is 0.0169. The molecule has 1 aliphatic rings. The van der Waals surface area contributed by atoms with Gasteiger partial charge in [-0.15, -0.1) is 0 Å². The Morgan fingerprint density at radius 2 is 1.95 bits per heavy atom. The zero-order chi connectivity index (χ0) is 15.0. The van der Waals surface area contributed by atoms with E-state index in [1.165, 1.54) is 0 Å². The van der Waals surface area contributed by atoms with E-state index in [1.807, 2.05) is 13.8 Å². The molecule has 0 atom stereocenters. The molecule has 0 spiro atoms. The van der Waals surface area contributed by atoms with Crippen LogP contribution in [-0.2, 0) is 14.3 Å². The zero-order valence-corrected chi connectivity index (χ0v) is 12.8. The summed E-state index contributed by atoms with van der Waals surface area (Å²) in [5.41, 5.74) is -0.508. The van der Waals surface area contributed by atoms with Gasteiger partial charge in [0.15, 0.2) is 0 Å². The van der Waals surface area contributed by atoms with Crippen LogP contribution >= 0.6 is 0 Å². The molecule has 0 bridgehead atoms. The van der Waals surface area contributed by atoms with E-state index in [0.717, 1.165) is 26.2 Å². The lowest BCUT2D eigenvalue weighted by atomic mass is 10.0. The smallest absolute Gasteiger partial charge is 0.305 e. The summed E-state index contributed by atoms with van der Waals surface area (Å²) < 4.78 is 4.84. The summed E-state index contributed by atoms with van der Waals surface area (Å²) in [5.74, 6) is -0.189. The molecule has 1 saturated heterocycles. The van der Waals surface area contributed by atoms with Crippen molar-refractivity contribution in [2.24, 2.45) is 0 Å². The third kappa shape index (κ3) is 5.09. The molecule has 1 heterocycles. The van der Waals surface area contributed by atoms with E-state index in [4.69, 9.17) is 4.74 Å². The van der Waals surface area contributed by atoms with Gasteiger partial charge in [0.05, 0.1) is 12.1 Å². The number of carbonyl (C=O) groups is 2. The van der Waals surface area contributed by atoms with Gasteiger partial charge in [0.1, 0.15) is 0 Å². The van der Waals surface area contributed by atoms with Gasteiger partial charge in [-0.2, -0.15) is 0 Å². The first-order valence-electron chi connectivity index (χ1n) is 7.38. The van der Waals surface area contributed by atoms with Crippen LogP contribution in [-0.4, -0.2) is 61.6 Å². The van der Waals surface area contributed by atoms with E-state index in [-0.39, 0.29) is 11.9 Å². The largest absolute Gasteiger partial charge is 0.466 e. The number of ether oxygens (including phenoxy) is 1. The molecule has 0 radical (unpaired) electrons. The molecule has 1 aliphatic heterocycles. The summed E-state index contributed by atoms with van der Waals surface area (Å²) in [6.07, 6.45) is 0.963. The van der Waals surface area contributed by atoms with Gasteiger partial charge in [-0.25, -0.2) is 0 Å². The number of piperazine rings is 1. The summed E-state index contributed by atoms with van der Waals surface area (Å²) in [6, 6.07) is 0.